The third-order valence-electron chi connectivity index (χ3n) is 2.13. The van der Waals surface area contributed by atoms with Crippen molar-refractivity contribution in [2.45, 2.75) is 6.92 Å². The Morgan fingerprint density at radius 2 is 2.00 bits per heavy atom. The Balaban J connectivity index is 2.57. The maximum atomic E-state index is 12.0. The summed E-state index contributed by atoms with van der Waals surface area (Å²) in [5, 5.41) is 0.871. The molecule has 15 heavy (non-hydrogen) atoms. The molecule has 0 atom stereocenters. The van der Waals surface area contributed by atoms with Gasteiger partial charge in [-0.1, -0.05) is 12.1 Å². The summed E-state index contributed by atoms with van der Waals surface area (Å²) in [4.78, 5) is 4.29. The Bertz CT molecular complexity index is 528. The highest BCUT2D eigenvalue weighted by Gasteiger charge is 1.97. The van der Waals surface area contributed by atoms with Crippen LogP contribution in [-0.2, 0) is 0 Å². The Morgan fingerprint density at radius 1 is 1.20 bits per heavy atom. The monoisotopic (exact) mass is 205 g/mol. The van der Waals surface area contributed by atoms with Gasteiger partial charge in [-0.25, -0.2) is 0 Å². The van der Waals surface area contributed by atoms with Gasteiger partial charge in [0.1, 0.15) is 0 Å². The van der Waals surface area contributed by atoms with Crippen molar-refractivity contribution in [2.75, 3.05) is 0 Å². The van der Waals surface area contributed by atoms with Gasteiger partial charge in [0.05, 0.1) is 5.52 Å². The fourth-order valence-electron chi connectivity index (χ4n) is 1.46. The molecule has 76 valence electrons. The molecule has 0 radical (unpaired) electrons. The van der Waals surface area contributed by atoms with E-state index >= 15 is 0 Å². The zero-order valence-corrected chi connectivity index (χ0v) is 8.17. The summed E-state index contributed by atoms with van der Waals surface area (Å²) in [6.07, 6.45) is -0.839. The third-order valence-corrected chi connectivity index (χ3v) is 2.13. The highest BCUT2D eigenvalue weighted by molar-refractivity contribution is 5.81. The van der Waals surface area contributed by atoms with E-state index in [0.29, 0.717) is 5.56 Å². The van der Waals surface area contributed by atoms with Gasteiger partial charge in [-0.05, 0) is 30.7 Å². The Hall–Kier alpha value is -1.77. The van der Waals surface area contributed by atoms with Crippen LogP contribution in [0.4, 0.5) is 8.78 Å². The minimum atomic E-state index is -1.69. The number of aromatic nitrogens is 1. The molecule has 0 aliphatic heterocycles. The van der Waals surface area contributed by atoms with Gasteiger partial charge in [0.25, 0.3) is 6.08 Å². The standard InChI is InChI=1S/C12H9F2N/c1-8-2-4-10-6-9(7-12(13)14)3-5-11(10)15-8/h2-7H,1H3. The van der Waals surface area contributed by atoms with E-state index in [1.807, 2.05) is 19.1 Å². The van der Waals surface area contributed by atoms with Crippen molar-refractivity contribution in [2.24, 2.45) is 0 Å². The molecule has 2 rings (SSSR count). The minimum absolute atomic E-state index is 0.494. The average Bonchev–Trinajstić information content (AvgIpc) is 2.17. The molecule has 0 saturated carbocycles. The first-order valence-corrected chi connectivity index (χ1v) is 4.55. The van der Waals surface area contributed by atoms with Crippen molar-refractivity contribution < 1.29 is 8.78 Å². The smallest absolute Gasteiger partial charge is 0.253 e. The van der Waals surface area contributed by atoms with E-state index < -0.39 is 6.08 Å². The highest BCUT2D eigenvalue weighted by atomic mass is 19.3. The molecule has 1 nitrogen and oxygen atoms in total. The molecule has 0 unspecified atom stereocenters. The second-order valence-electron chi connectivity index (χ2n) is 3.34. The number of nitrogens with zero attached hydrogens (tertiary/aromatic N) is 1. The van der Waals surface area contributed by atoms with Crippen LogP contribution in [0.15, 0.2) is 36.4 Å². The largest absolute Gasteiger partial charge is 0.270 e. The quantitative estimate of drug-likeness (QED) is 0.690. The average molecular weight is 205 g/mol. The zero-order valence-electron chi connectivity index (χ0n) is 8.17. The Kier molecular flexibility index (Phi) is 2.46. The number of hydrogen-bond acceptors (Lipinski definition) is 1. The summed E-state index contributed by atoms with van der Waals surface area (Å²) in [5.74, 6) is 0. The highest BCUT2D eigenvalue weighted by Crippen LogP contribution is 2.17. The number of benzene rings is 1. The van der Waals surface area contributed by atoms with Crippen molar-refractivity contribution in [3.8, 4) is 0 Å². The van der Waals surface area contributed by atoms with Gasteiger partial charge in [0.2, 0.25) is 0 Å². The van der Waals surface area contributed by atoms with Crippen LogP contribution in [0, 0.1) is 6.92 Å². The first-order valence-electron chi connectivity index (χ1n) is 4.55. The molecule has 0 spiro atoms. The molecule has 0 bridgehead atoms. The van der Waals surface area contributed by atoms with Crippen LogP contribution in [-0.4, -0.2) is 4.98 Å². The molecule has 1 aromatic heterocycles. The molecule has 0 fully saturated rings. The van der Waals surface area contributed by atoms with Crippen molar-refractivity contribution in [3.63, 3.8) is 0 Å². The molecule has 1 aromatic carbocycles. The number of halogens is 2. The first kappa shape index (κ1) is 9.77. The molecule has 0 aliphatic rings. The summed E-state index contributed by atoms with van der Waals surface area (Å²) in [5.41, 5.74) is 2.24. The van der Waals surface area contributed by atoms with Crippen LogP contribution in [0.5, 0.6) is 0 Å². The van der Waals surface area contributed by atoms with Crippen LogP contribution in [0.2, 0.25) is 0 Å². The predicted octanol–water partition coefficient (Wildman–Crippen LogP) is 3.78. The van der Waals surface area contributed by atoms with Crippen LogP contribution in [0.25, 0.3) is 17.0 Å². The van der Waals surface area contributed by atoms with Gasteiger partial charge < -0.3 is 0 Å². The van der Waals surface area contributed by atoms with E-state index in [9.17, 15) is 8.78 Å². The fourth-order valence-corrected chi connectivity index (χ4v) is 1.46. The van der Waals surface area contributed by atoms with Gasteiger partial charge in [0, 0.05) is 17.2 Å². The van der Waals surface area contributed by atoms with Crippen LogP contribution < -0.4 is 0 Å². The van der Waals surface area contributed by atoms with Gasteiger partial charge in [-0.3, -0.25) is 4.98 Å². The molecule has 0 saturated heterocycles. The molecule has 0 N–H and O–H groups in total. The van der Waals surface area contributed by atoms with Crippen LogP contribution in [0.1, 0.15) is 11.3 Å². The lowest BCUT2D eigenvalue weighted by Crippen LogP contribution is -1.83. The van der Waals surface area contributed by atoms with Crippen LogP contribution in [0.3, 0.4) is 0 Å². The lowest BCUT2D eigenvalue weighted by Gasteiger charge is -1.99. The van der Waals surface area contributed by atoms with E-state index in [1.54, 1.807) is 18.2 Å². The lowest BCUT2D eigenvalue weighted by atomic mass is 10.1. The number of aryl methyl sites for hydroxylation is 1. The van der Waals surface area contributed by atoms with Gasteiger partial charge in [-0.2, -0.15) is 8.78 Å². The normalized spacial score (nSPS) is 10.3. The lowest BCUT2D eigenvalue weighted by molar-refractivity contribution is 0.429. The van der Waals surface area contributed by atoms with E-state index in [-0.39, 0.29) is 0 Å². The molecule has 1 heterocycles. The molecular weight excluding hydrogens is 196 g/mol. The summed E-state index contributed by atoms with van der Waals surface area (Å²) < 4.78 is 24.1. The van der Waals surface area contributed by atoms with Crippen molar-refractivity contribution in [1.82, 2.24) is 4.98 Å². The summed E-state index contributed by atoms with van der Waals surface area (Å²) in [7, 11) is 0. The minimum Gasteiger partial charge on any atom is -0.253 e. The first-order chi connectivity index (χ1) is 7.15. The molecule has 0 aliphatic carbocycles. The van der Waals surface area contributed by atoms with E-state index in [1.165, 1.54) is 0 Å². The summed E-state index contributed by atoms with van der Waals surface area (Å²) in [6.45, 7) is 1.90. The maximum Gasteiger partial charge on any atom is 0.270 e. The Labute approximate surface area is 86.1 Å². The summed E-state index contributed by atoms with van der Waals surface area (Å²) >= 11 is 0. The van der Waals surface area contributed by atoms with Gasteiger partial charge in [-0.15, -0.1) is 0 Å². The predicted molar refractivity (Wildman–Crippen MR) is 56.7 cm³/mol. The SMILES string of the molecule is Cc1ccc2cc(C=C(F)F)ccc2n1. The summed E-state index contributed by atoms with van der Waals surface area (Å²) in [6, 6.07) is 8.82. The number of pyridine rings is 1. The molecule has 0 amide bonds. The Morgan fingerprint density at radius 3 is 2.73 bits per heavy atom. The molecule has 2 aromatic rings. The van der Waals surface area contributed by atoms with E-state index in [0.717, 1.165) is 22.7 Å². The fraction of sp³-hybridized carbons (Fsp3) is 0.0833. The third kappa shape index (κ3) is 2.18. The number of hydrogen-bond donors (Lipinski definition) is 0. The zero-order chi connectivity index (χ0) is 10.8. The van der Waals surface area contributed by atoms with Crippen LogP contribution >= 0.6 is 0 Å². The second kappa shape index (κ2) is 3.77. The van der Waals surface area contributed by atoms with Gasteiger partial charge in [0.15, 0.2) is 0 Å². The topological polar surface area (TPSA) is 12.9 Å². The van der Waals surface area contributed by atoms with Gasteiger partial charge >= 0.3 is 0 Å². The van der Waals surface area contributed by atoms with E-state index in [2.05, 4.69) is 4.98 Å². The number of rotatable bonds is 1. The van der Waals surface area contributed by atoms with Crippen molar-refractivity contribution in [1.29, 1.82) is 0 Å². The van der Waals surface area contributed by atoms with Crippen molar-refractivity contribution >= 4 is 17.0 Å². The van der Waals surface area contributed by atoms with Crippen molar-refractivity contribution in [3.05, 3.63) is 47.7 Å². The molecular formula is C12H9F2N. The molecule has 3 heteroatoms. The number of fused-ring (bicyclic) bond motifs is 1. The maximum absolute atomic E-state index is 12.0. The van der Waals surface area contributed by atoms with E-state index in [4.69, 9.17) is 0 Å². The second-order valence-corrected chi connectivity index (χ2v) is 3.34.